The first kappa shape index (κ1) is 17.0. The fourth-order valence-corrected chi connectivity index (χ4v) is 0.866. The molecule has 0 N–H and O–H groups in total. The summed E-state index contributed by atoms with van der Waals surface area (Å²) in [6.45, 7) is 8.68. The summed E-state index contributed by atoms with van der Waals surface area (Å²) in [6, 6.07) is 0. The first-order valence-corrected chi connectivity index (χ1v) is 6.37. The van der Waals surface area contributed by atoms with E-state index >= 15 is 0 Å². The molecule has 0 aromatic carbocycles. The Morgan fingerprint density at radius 2 is 1.60 bits per heavy atom. The molecule has 3 heteroatoms. The molecule has 0 saturated carbocycles. The molecule has 57 valence electrons. The molecule has 0 fully saturated rings. The molecule has 0 aromatic heterocycles. The molecule has 0 aliphatic carbocycles. The van der Waals surface area contributed by atoms with Crippen LogP contribution < -0.4 is 0 Å². The van der Waals surface area contributed by atoms with E-state index in [1.54, 1.807) is 0 Å². The van der Waals surface area contributed by atoms with Gasteiger partial charge in [0.25, 0.3) is 0 Å². The Labute approximate surface area is 88.2 Å². The number of rotatable bonds is 0. The van der Waals surface area contributed by atoms with Crippen LogP contribution in [-0.4, -0.2) is 26.9 Å². The molecular formula is C7H13CuLiSi. The summed E-state index contributed by atoms with van der Waals surface area (Å²) in [5, 5.41) is 0. The second kappa shape index (κ2) is 7.87. The molecule has 0 aliphatic rings. The molecule has 10 heavy (non-hydrogen) atoms. The minimum Gasteiger partial charge on any atom is -0.332 e. The zero-order valence-corrected chi connectivity index (χ0v) is 9.32. The fourth-order valence-electron chi connectivity index (χ4n) is 0.289. The van der Waals surface area contributed by atoms with E-state index in [0.29, 0.717) is 0 Å². The zero-order chi connectivity index (χ0) is 6.62. The standard InChI is InChI=1S/C7H13Si.Cu.Li/c1-5-6-7-8(2,3)4;;/h5H,1-4H3;;/q-1;+1;. The van der Waals surface area contributed by atoms with Crippen LogP contribution in [0, 0.1) is 17.9 Å². The van der Waals surface area contributed by atoms with Crippen LogP contribution in [0.2, 0.25) is 19.6 Å². The molecule has 0 aromatic rings. The summed E-state index contributed by atoms with van der Waals surface area (Å²) in [4.78, 5) is 0. The number of hydrogen-bond donors (Lipinski definition) is 0. The largest absolute Gasteiger partial charge is 1.00 e. The van der Waals surface area contributed by atoms with Crippen molar-refractivity contribution in [3.63, 3.8) is 0 Å². The van der Waals surface area contributed by atoms with E-state index < -0.39 is 8.07 Å². The minimum absolute atomic E-state index is 0. The third-order valence-corrected chi connectivity index (χ3v) is 1.49. The summed E-state index contributed by atoms with van der Waals surface area (Å²) in [6.07, 6.45) is 1.90. The van der Waals surface area contributed by atoms with E-state index in [1.807, 2.05) is 13.3 Å². The first-order chi connectivity index (χ1) is 3.56. The van der Waals surface area contributed by atoms with Gasteiger partial charge in [-0.05, 0) is 0 Å². The van der Waals surface area contributed by atoms with Gasteiger partial charge in [0.05, 0.1) is 0 Å². The predicted molar refractivity (Wildman–Crippen MR) is 46.9 cm³/mol. The van der Waals surface area contributed by atoms with E-state index in [-0.39, 0.29) is 35.9 Å². The molecule has 0 spiro atoms. The third-order valence-electron chi connectivity index (χ3n) is 0.592. The van der Waals surface area contributed by atoms with E-state index in [9.17, 15) is 0 Å². The third kappa shape index (κ3) is 15.9. The van der Waals surface area contributed by atoms with Gasteiger partial charge in [0.1, 0.15) is 0 Å². The Kier molecular flexibility index (Phi) is 13.4. The van der Waals surface area contributed by atoms with Gasteiger partial charge in [-0.3, -0.25) is 5.92 Å². The van der Waals surface area contributed by atoms with Gasteiger partial charge in [-0.1, -0.05) is 19.6 Å². The molecule has 0 amide bonds. The van der Waals surface area contributed by atoms with Crippen molar-refractivity contribution in [2.45, 2.75) is 26.6 Å². The van der Waals surface area contributed by atoms with Gasteiger partial charge < -0.3 is 5.54 Å². The Morgan fingerprint density at radius 3 is 1.70 bits per heavy atom. The smallest absolute Gasteiger partial charge is 0.332 e. The van der Waals surface area contributed by atoms with Crippen LogP contribution in [0.25, 0.3) is 0 Å². The molecule has 0 heterocycles. The normalized spacial score (nSPS) is 7.60. The molecule has 0 atom stereocenters. The maximum atomic E-state index is 3.20. The van der Waals surface area contributed by atoms with Crippen molar-refractivity contribution in [1.29, 1.82) is 0 Å². The number of hydrogen-bond acceptors (Lipinski definition) is 0. The van der Waals surface area contributed by atoms with E-state index in [0.717, 1.165) is 0 Å². The average molecular weight is 196 g/mol. The van der Waals surface area contributed by atoms with Crippen molar-refractivity contribution in [2.24, 2.45) is 0 Å². The molecule has 1 radical (unpaired) electrons. The van der Waals surface area contributed by atoms with Crippen LogP contribution in [0.1, 0.15) is 6.92 Å². The van der Waals surface area contributed by atoms with Crippen molar-refractivity contribution in [1.82, 2.24) is 0 Å². The van der Waals surface area contributed by atoms with Crippen LogP contribution in [0.4, 0.5) is 0 Å². The average Bonchev–Trinajstić information content (AvgIpc) is 1.59. The molecule has 0 nitrogen and oxygen atoms in total. The molecule has 0 aliphatic heterocycles. The van der Waals surface area contributed by atoms with Crippen molar-refractivity contribution in [2.75, 3.05) is 0 Å². The zero-order valence-electron chi connectivity index (χ0n) is 7.38. The maximum absolute atomic E-state index is 3.20. The topological polar surface area (TPSA) is 0 Å². The van der Waals surface area contributed by atoms with Gasteiger partial charge >= 0.3 is 17.1 Å². The molecular weight excluding hydrogens is 183 g/mol. The Balaban J connectivity index is -0.000000245. The molecule has 0 rings (SSSR count). The minimum atomic E-state index is -1.07. The van der Waals surface area contributed by atoms with E-state index in [4.69, 9.17) is 0 Å². The van der Waals surface area contributed by atoms with Gasteiger partial charge in [0, 0.05) is 26.9 Å². The summed E-state index contributed by atoms with van der Waals surface area (Å²) in [5.41, 5.74) is 3.20. The molecule has 0 unspecified atom stereocenters. The van der Waals surface area contributed by atoms with E-state index in [2.05, 4.69) is 31.1 Å². The van der Waals surface area contributed by atoms with Gasteiger partial charge in [-0.15, -0.1) is 6.92 Å². The summed E-state index contributed by atoms with van der Waals surface area (Å²) in [7, 11) is -1.07. The molecule has 0 bridgehead atoms. The Bertz CT molecular complexity index is 118. The van der Waals surface area contributed by atoms with Gasteiger partial charge in [0.15, 0.2) is 0 Å². The summed E-state index contributed by atoms with van der Waals surface area (Å²) in [5.74, 6) is 2.97. The second-order valence-electron chi connectivity index (χ2n) is 2.81. The quantitative estimate of drug-likeness (QED) is 0.314. The van der Waals surface area contributed by atoms with Crippen LogP contribution in [0.15, 0.2) is 0 Å². The SMILES string of the molecule is C[CH-]C#C[Si](C)(C)C.[Cu+].[Li]. The van der Waals surface area contributed by atoms with Crippen LogP contribution in [0.3, 0.4) is 0 Å². The first-order valence-electron chi connectivity index (χ1n) is 2.87. The monoisotopic (exact) mass is 195 g/mol. The fraction of sp³-hybridized carbons (Fsp3) is 0.571. The molecule has 0 saturated heterocycles. The van der Waals surface area contributed by atoms with Crippen LogP contribution in [0.5, 0.6) is 0 Å². The summed E-state index contributed by atoms with van der Waals surface area (Å²) < 4.78 is 0. The van der Waals surface area contributed by atoms with Crippen molar-refractivity contribution < 1.29 is 17.1 Å². The van der Waals surface area contributed by atoms with Gasteiger partial charge in [-0.25, -0.2) is 0 Å². The Morgan fingerprint density at radius 1 is 1.20 bits per heavy atom. The van der Waals surface area contributed by atoms with Gasteiger partial charge in [-0.2, -0.15) is 6.42 Å². The van der Waals surface area contributed by atoms with Crippen LogP contribution in [-0.2, 0) is 17.1 Å². The van der Waals surface area contributed by atoms with Crippen molar-refractivity contribution in [3.8, 4) is 11.5 Å². The van der Waals surface area contributed by atoms with E-state index in [1.165, 1.54) is 0 Å². The Hall–Kier alpha value is 0.764. The van der Waals surface area contributed by atoms with Crippen LogP contribution >= 0.6 is 0 Å². The maximum Gasteiger partial charge on any atom is 1.00 e. The van der Waals surface area contributed by atoms with Crippen molar-refractivity contribution >= 4 is 26.9 Å². The summed E-state index contributed by atoms with van der Waals surface area (Å²) >= 11 is 0. The van der Waals surface area contributed by atoms with Crippen molar-refractivity contribution in [3.05, 3.63) is 6.42 Å². The second-order valence-corrected chi connectivity index (χ2v) is 7.56. The van der Waals surface area contributed by atoms with Gasteiger partial charge in [0.2, 0.25) is 0 Å². The predicted octanol–water partition coefficient (Wildman–Crippen LogP) is 1.71.